The summed E-state index contributed by atoms with van der Waals surface area (Å²) in [5.41, 5.74) is 2.29. The Kier molecular flexibility index (Phi) is 7.36. The molecule has 7 heteroatoms. The molecule has 0 unspecified atom stereocenters. The minimum atomic E-state index is -3.96. The molecule has 0 fully saturated rings. The highest BCUT2D eigenvalue weighted by molar-refractivity contribution is 7.92. The first-order valence-electron chi connectivity index (χ1n) is 10.0. The largest absolute Gasteiger partial charge is 0.348 e. The number of nitrogens with zero attached hydrogens (tertiary/aromatic N) is 1. The third-order valence-corrected chi connectivity index (χ3v) is 7.00. The molecule has 0 saturated heterocycles. The van der Waals surface area contributed by atoms with Gasteiger partial charge in [-0.3, -0.25) is 9.10 Å². The predicted molar refractivity (Wildman–Crippen MR) is 125 cm³/mol. The summed E-state index contributed by atoms with van der Waals surface area (Å²) in [7, 11) is -3.96. The zero-order valence-corrected chi connectivity index (χ0v) is 19.0. The first-order chi connectivity index (χ1) is 14.8. The van der Waals surface area contributed by atoms with E-state index in [9.17, 15) is 13.2 Å². The van der Waals surface area contributed by atoms with Gasteiger partial charge in [0.25, 0.3) is 10.0 Å². The van der Waals surface area contributed by atoms with Crippen LogP contribution in [-0.4, -0.2) is 20.9 Å². The van der Waals surface area contributed by atoms with E-state index in [1.807, 2.05) is 44.2 Å². The number of anilines is 1. The Morgan fingerprint density at radius 2 is 1.58 bits per heavy atom. The molecule has 3 rings (SSSR count). The predicted octanol–water partition coefficient (Wildman–Crippen LogP) is 5.11. The van der Waals surface area contributed by atoms with Crippen LogP contribution in [0.3, 0.4) is 0 Å². The van der Waals surface area contributed by atoms with Crippen molar-refractivity contribution < 1.29 is 13.2 Å². The number of rotatable bonds is 8. The maximum absolute atomic E-state index is 13.4. The smallest absolute Gasteiger partial charge is 0.264 e. The standard InChI is InChI=1S/C24H25ClN2O3S/c1-3-23(19-7-5-4-6-8-19)26-24(28)17-27(21-13-11-20(25)12-14-21)31(29,30)22-15-9-18(2)10-16-22/h4-16,23H,3,17H2,1-2H3,(H,26,28)/t23-/m1/s1. The van der Waals surface area contributed by atoms with Crippen molar-refractivity contribution in [3.63, 3.8) is 0 Å². The number of sulfonamides is 1. The van der Waals surface area contributed by atoms with Crippen LogP contribution in [0.4, 0.5) is 5.69 Å². The van der Waals surface area contributed by atoms with E-state index in [4.69, 9.17) is 11.6 Å². The third-order valence-electron chi connectivity index (χ3n) is 4.96. The van der Waals surface area contributed by atoms with Gasteiger partial charge in [-0.15, -0.1) is 0 Å². The van der Waals surface area contributed by atoms with E-state index in [0.717, 1.165) is 15.4 Å². The summed E-state index contributed by atoms with van der Waals surface area (Å²) in [5, 5.41) is 3.44. The first-order valence-corrected chi connectivity index (χ1v) is 11.8. The van der Waals surface area contributed by atoms with Gasteiger partial charge < -0.3 is 5.32 Å². The molecule has 0 aliphatic rings. The van der Waals surface area contributed by atoms with Crippen molar-refractivity contribution in [3.05, 3.63) is 95.0 Å². The van der Waals surface area contributed by atoms with Gasteiger partial charge in [0, 0.05) is 5.02 Å². The number of carbonyl (C=O) groups is 1. The van der Waals surface area contributed by atoms with E-state index >= 15 is 0 Å². The molecule has 1 amide bonds. The minimum Gasteiger partial charge on any atom is -0.348 e. The second-order valence-electron chi connectivity index (χ2n) is 7.24. The zero-order chi connectivity index (χ0) is 22.4. The van der Waals surface area contributed by atoms with Gasteiger partial charge in [0.2, 0.25) is 5.91 Å². The van der Waals surface area contributed by atoms with Gasteiger partial charge in [-0.25, -0.2) is 8.42 Å². The number of benzene rings is 3. The summed E-state index contributed by atoms with van der Waals surface area (Å²) < 4.78 is 27.9. The number of aryl methyl sites for hydroxylation is 1. The lowest BCUT2D eigenvalue weighted by atomic mass is 10.0. The van der Waals surface area contributed by atoms with Crippen LogP contribution in [0, 0.1) is 6.92 Å². The Morgan fingerprint density at radius 3 is 2.16 bits per heavy atom. The Hall–Kier alpha value is -2.83. The van der Waals surface area contributed by atoms with Crippen LogP contribution in [-0.2, 0) is 14.8 Å². The number of hydrogen-bond acceptors (Lipinski definition) is 3. The van der Waals surface area contributed by atoms with Crippen LogP contribution in [0.5, 0.6) is 0 Å². The molecule has 162 valence electrons. The molecule has 0 saturated carbocycles. The lowest BCUT2D eigenvalue weighted by Crippen LogP contribution is -2.42. The number of hydrogen-bond donors (Lipinski definition) is 1. The van der Waals surface area contributed by atoms with Crippen molar-refractivity contribution in [1.29, 1.82) is 0 Å². The number of halogens is 1. The van der Waals surface area contributed by atoms with E-state index in [0.29, 0.717) is 17.1 Å². The van der Waals surface area contributed by atoms with E-state index < -0.39 is 10.0 Å². The van der Waals surface area contributed by atoms with Crippen LogP contribution >= 0.6 is 11.6 Å². The van der Waals surface area contributed by atoms with Crippen LogP contribution in [0.25, 0.3) is 0 Å². The van der Waals surface area contributed by atoms with Crippen molar-refractivity contribution >= 4 is 33.2 Å². The van der Waals surface area contributed by atoms with Crippen molar-refractivity contribution in [1.82, 2.24) is 5.32 Å². The summed E-state index contributed by atoms with van der Waals surface area (Å²) in [4.78, 5) is 13.0. The van der Waals surface area contributed by atoms with Crippen molar-refractivity contribution in [2.24, 2.45) is 0 Å². The minimum absolute atomic E-state index is 0.121. The summed E-state index contributed by atoms with van der Waals surface area (Å²) in [6.45, 7) is 3.51. The van der Waals surface area contributed by atoms with E-state index in [1.54, 1.807) is 48.5 Å². The summed E-state index contributed by atoms with van der Waals surface area (Å²) in [6.07, 6.45) is 0.682. The topological polar surface area (TPSA) is 66.5 Å². The van der Waals surface area contributed by atoms with Gasteiger partial charge in [-0.05, 0) is 55.3 Å². The molecule has 5 nitrogen and oxygen atoms in total. The molecule has 0 radical (unpaired) electrons. The Bertz CT molecular complexity index is 1120. The average Bonchev–Trinajstić information content (AvgIpc) is 2.77. The molecule has 0 aliphatic carbocycles. The van der Waals surface area contributed by atoms with Crippen LogP contribution in [0.15, 0.2) is 83.8 Å². The van der Waals surface area contributed by atoms with Gasteiger partial charge in [0.05, 0.1) is 16.6 Å². The molecule has 3 aromatic rings. The maximum atomic E-state index is 13.4. The molecule has 31 heavy (non-hydrogen) atoms. The number of amides is 1. The molecule has 0 heterocycles. The Labute approximate surface area is 188 Å². The lowest BCUT2D eigenvalue weighted by Gasteiger charge is -2.26. The van der Waals surface area contributed by atoms with Crippen molar-refractivity contribution in [3.8, 4) is 0 Å². The van der Waals surface area contributed by atoms with Crippen LogP contribution < -0.4 is 9.62 Å². The molecule has 1 atom stereocenters. The third kappa shape index (κ3) is 5.66. The molecular weight excluding hydrogens is 432 g/mol. The lowest BCUT2D eigenvalue weighted by molar-refractivity contribution is -0.120. The normalized spacial score (nSPS) is 12.2. The monoisotopic (exact) mass is 456 g/mol. The molecule has 1 N–H and O–H groups in total. The van der Waals surface area contributed by atoms with Crippen LogP contribution in [0.2, 0.25) is 5.02 Å². The molecule has 0 aliphatic heterocycles. The van der Waals surface area contributed by atoms with Gasteiger partial charge >= 0.3 is 0 Å². The molecule has 0 spiro atoms. The molecule has 3 aromatic carbocycles. The van der Waals surface area contributed by atoms with Gasteiger partial charge in [0.15, 0.2) is 0 Å². The summed E-state index contributed by atoms with van der Waals surface area (Å²) >= 11 is 5.98. The van der Waals surface area contributed by atoms with Gasteiger partial charge in [0.1, 0.15) is 6.54 Å². The Balaban J connectivity index is 1.90. The highest BCUT2D eigenvalue weighted by Gasteiger charge is 2.28. The second kappa shape index (κ2) is 9.98. The number of nitrogens with one attached hydrogen (secondary N) is 1. The molecule has 0 aromatic heterocycles. The SMILES string of the molecule is CC[C@@H](NC(=O)CN(c1ccc(Cl)cc1)S(=O)(=O)c1ccc(C)cc1)c1ccccc1. The van der Waals surface area contributed by atoms with Gasteiger partial charge in [-0.1, -0.05) is 66.6 Å². The van der Waals surface area contributed by atoms with Crippen molar-refractivity contribution in [2.75, 3.05) is 10.8 Å². The van der Waals surface area contributed by atoms with Gasteiger partial charge in [-0.2, -0.15) is 0 Å². The fourth-order valence-corrected chi connectivity index (χ4v) is 4.78. The Morgan fingerprint density at radius 1 is 0.968 bits per heavy atom. The average molecular weight is 457 g/mol. The first kappa shape index (κ1) is 22.8. The van der Waals surface area contributed by atoms with E-state index in [2.05, 4.69) is 5.32 Å². The van der Waals surface area contributed by atoms with E-state index in [-0.39, 0.29) is 23.4 Å². The maximum Gasteiger partial charge on any atom is 0.264 e. The molecular formula is C24H25ClN2O3S. The highest BCUT2D eigenvalue weighted by atomic mass is 35.5. The quantitative estimate of drug-likeness (QED) is 0.512. The van der Waals surface area contributed by atoms with E-state index in [1.165, 1.54) is 0 Å². The molecule has 0 bridgehead atoms. The zero-order valence-electron chi connectivity index (χ0n) is 17.5. The fourth-order valence-electron chi connectivity index (χ4n) is 3.24. The van der Waals surface area contributed by atoms with Crippen LogP contribution in [0.1, 0.15) is 30.5 Å². The summed E-state index contributed by atoms with van der Waals surface area (Å²) in [5.74, 6) is -0.388. The van der Waals surface area contributed by atoms with Crippen molar-refractivity contribution in [2.45, 2.75) is 31.2 Å². The number of carbonyl (C=O) groups excluding carboxylic acids is 1. The fraction of sp³-hybridized carbons (Fsp3) is 0.208. The highest BCUT2D eigenvalue weighted by Crippen LogP contribution is 2.26. The second-order valence-corrected chi connectivity index (χ2v) is 9.54. The summed E-state index contributed by atoms with van der Waals surface area (Å²) in [6, 6.07) is 22.3.